The molecule has 4 atom stereocenters. The molecule has 2 aliphatic carbocycles. The summed E-state index contributed by atoms with van der Waals surface area (Å²) in [6.07, 6.45) is 2.11. The second-order valence-corrected chi connectivity index (χ2v) is 20.2. The third-order valence-electron chi connectivity index (χ3n) is 8.08. The van der Waals surface area contributed by atoms with Crippen LogP contribution in [0.15, 0.2) is 36.7 Å². The largest absolute Gasteiger partial charge is 0.476 e. The maximum absolute atomic E-state index is 14.5. The molecule has 2 heterocycles. The van der Waals surface area contributed by atoms with E-state index in [1.807, 2.05) is 34.9 Å². The van der Waals surface area contributed by atoms with Crippen molar-refractivity contribution in [3.63, 3.8) is 0 Å². The molecule has 0 aliphatic heterocycles. The number of aromatic nitrogens is 4. The van der Waals surface area contributed by atoms with Crippen molar-refractivity contribution >= 4 is 32.6 Å². The fraction of sp³-hybridized carbons (Fsp3) is 0.686. The summed E-state index contributed by atoms with van der Waals surface area (Å²) in [5.74, 6) is 1.11. The van der Waals surface area contributed by atoms with Gasteiger partial charge in [-0.2, -0.15) is 0 Å². The smallest absolute Gasteiger partial charge is 0.371 e. The van der Waals surface area contributed by atoms with E-state index in [9.17, 15) is 9.13 Å². The lowest BCUT2D eigenvalue weighted by atomic mass is 10.0. The summed E-state index contributed by atoms with van der Waals surface area (Å²) in [5.41, 5.74) is -1.89. The molecule has 2 aliphatic rings. The van der Waals surface area contributed by atoms with Crippen molar-refractivity contribution in [1.82, 2.24) is 19.5 Å². The Bertz CT molecular complexity index is 1730. The van der Waals surface area contributed by atoms with Gasteiger partial charge in [0.1, 0.15) is 5.52 Å². The van der Waals surface area contributed by atoms with Gasteiger partial charge in [0.05, 0.1) is 41.4 Å². The second-order valence-electron chi connectivity index (χ2n) is 17.3. The maximum Gasteiger partial charge on any atom is 0.476 e. The van der Waals surface area contributed by atoms with Gasteiger partial charge >= 0.3 is 15.6 Å². The number of phosphoric ester groups is 2. The second kappa shape index (κ2) is 13.3. The minimum Gasteiger partial charge on any atom is -0.371 e. The van der Waals surface area contributed by atoms with Crippen LogP contribution in [0.25, 0.3) is 22.6 Å². The lowest BCUT2D eigenvalue weighted by Crippen LogP contribution is -2.32. The molecule has 13 nitrogen and oxygen atoms in total. The van der Waals surface area contributed by atoms with Crippen LogP contribution in [0, 0.1) is 11.3 Å². The van der Waals surface area contributed by atoms with E-state index in [1.165, 1.54) is 0 Å². The van der Waals surface area contributed by atoms with Crippen LogP contribution in [-0.4, -0.2) is 61.7 Å². The van der Waals surface area contributed by atoms with Gasteiger partial charge in [0, 0.05) is 24.1 Å². The van der Waals surface area contributed by atoms with Crippen molar-refractivity contribution in [1.29, 1.82) is 0 Å². The molecule has 0 saturated heterocycles. The third kappa shape index (κ3) is 9.22. The van der Waals surface area contributed by atoms with Crippen molar-refractivity contribution in [2.45, 2.75) is 130 Å². The van der Waals surface area contributed by atoms with E-state index in [0.717, 1.165) is 5.56 Å². The van der Waals surface area contributed by atoms with Gasteiger partial charge in [-0.05, 0) is 102 Å². The van der Waals surface area contributed by atoms with E-state index < -0.39 is 49.6 Å². The zero-order valence-electron chi connectivity index (χ0n) is 31.8. The molecule has 278 valence electrons. The van der Waals surface area contributed by atoms with Crippen LogP contribution >= 0.6 is 15.6 Å². The number of fused-ring (bicyclic) bond motifs is 2. The molecule has 1 aromatic carbocycles. The SMILES string of the molecule is CNc1nc(-c2ccccc2)nc2c1ncn2[C@@H]1C[C@H](OP(=O)(OC(C)(C)C)OC(C)(C)C)[C@]2(COP(=O)(OC(C)(C)C)OC(C)(C)C)C[C@H]12. The van der Waals surface area contributed by atoms with Crippen molar-refractivity contribution in [2.24, 2.45) is 11.3 Å². The fourth-order valence-corrected chi connectivity index (χ4v) is 10.4. The van der Waals surface area contributed by atoms with Crippen molar-refractivity contribution < 1.29 is 36.3 Å². The van der Waals surface area contributed by atoms with E-state index in [-0.39, 0.29) is 18.6 Å². The molecule has 1 N–H and O–H groups in total. The highest BCUT2D eigenvalue weighted by molar-refractivity contribution is 7.48. The molecule has 0 bridgehead atoms. The van der Waals surface area contributed by atoms with Crippen molar-refractivity contribution in [3.05, 3.63) is 36.7 Å². The molecule has 0 radical (unpaired) electrons. The minimum atomic E-state index is -4.16. The zero-order valence-corrected chi connectivity index (χ0v) is 33.6. The topological polar surface area (TPSA) is 145 Å². The first-order valence-corrected chi connectivity index (χ1v) is 20.1. The summed E-state index contributed by atoms with van der Waals surface area (Å²) in [4.78, 5) is 14.5. The van der Waals surface area contributed by atoms with Gasteiger partial charge in [-0.25, -0.2) is 24.1 Å². The number of hydrogen-bond donors (Lipinski definition) is 1. The van der Waals surface area contributed by atoms with E-state index in [1.54, 1.807) is 96.5 Å². The lowest BCUT2D eigenvalue weighted by Gasteiger charge is -2.35. The highest BCUT2D eigenvalue weighted by Gasteiger charge is 2.70. The Morgan fingerprint density at radius 2 is 1.36 bits per heavy atom. The van der Waals surface area contributed by atoms with Gasteiger partial charge in [-0.1, -0.05) is 30.3 Å². The molecule has 2 saturated carbocycles. The summed E-state index contributed by atoms with van der Waals surface area (Å²) >= 11 is 0. The lowest BCUT2D eigenvalue weighted by molar-refractivity contribution is -0.0352. The first kappa shape index (κ1) is 39.0. The van der Waals surface area contributed by atoms with Crippen LogP contribution in [-0.2, 0) is 36.3 Å². The average molecular weight is 736 g/mol. The minimum absolute atomic E-state index is 0.0358. The molecule has 0 amide bonds. The van der Waals surface area contributed by atoms with Gasteiger partial charge in [0.15, 0.2) is 17.3 Å². The Labute approximate surface area is 296 Å². The Morgan fingerprint density at radius 3 is 1.88 bits per heavy atom. The molecule has 3 aromatic rings. The Morgan fingerprint density at radius 1 is 0.820 bits per heavy atom. The Balaban J connectivity index is 1.57. The predicted molar refractivity (Wildman–Crippen MR) is 194 cm³/mol. The van der Waals surface area contributed by atoms with Crippen LogP contribution in [0.1, 0.15) is 102 Å². The quantitative estimate of drug-likeness (QED) is 0.177. The summed E-state index contributed by atoms with van der Waals surface area (Å²) in [7, 11) is -6.43. The zero-order chi connectivity index (χ0) is 37.1. The first-order chi connectivity index (χ1) is 22.8. The van der Waals surface area contributed by atoms with E-state index in [0.29, 0.717) is 35.6 Å². The van der Waals surface area contributed by atoms with E-state index in [4.69, 9.17) is 42.1 Å². The maximum atomic E-state index is 14.5. The Hall–Kier alpha value is -2.21. The molecule has 15 heteroatoms. The molecule has 0 unspecified atom stereocenters. The molecular weight excluding hydrogens is 680 g/mol. The first-order valence-electron chi connectivity index (χ1n) is 17.2. The normalized spacial score (nSPS) is 23.3. The molecule has 5 rings (SSSR count). The highest BCUT2D eigenvalue weighted by atomic mass is 31.2. The van der Waals surface area contributed by atoms with Crippen LogP contribution in [0.2, 0.25) is 0 Å². The molecular formula is C35H55N5O8P2. The summed E-state index contributed by atoms with van der Waals surface area (Å²) < 4.78 is 67.6. The van der Waals surface area contributed by atoms with Crippen molar-refractivity contribution in [2.75, 3.05) is 19.0 Å². The summed E-state index contributed by atoms with van der Waals surface area (Å²) in [6, 6.07) is 9.57. The van der Waals surface area contributed by atoms with Gasteiger partial charge in [0.25, 0.3) is 0 Å². The number of hydrogen-bond acceptors (Lipinski definition) is 12. The predicted octanol–water partition coefficient (Wildman–Crippen LogP) is 9.36. The number of imidazole rings is 1. The molecule has 2 aromatic heterocycles. The number of anilines is 1. The number of phosphoric acid groups is 2. The molecule has 0 spiro atoms. The number of nitrogens with zero attached hydrogens (tertiary/aromatic N) is 4. The van der Waals surface area contributed by atoms with Gasteiger partial charge in [-0.15, -0.1) is 0 Å². The van der Waals surface area contributed by atoms with Crippen LogP contribution < -0.4 is 5.32 Å². The van der Waals surface area contributed by atoms with E-state index in [2.05, 4.69) is 5.32 Å². The van der Waals surface area contributed by atoms with E-state index >= 15 is 0 Å². The van der Waals surface area contributed by atoms with Gasteiger partial charge < -0.3 is 9.88 Å². The molecule has 2 fully saturated rings. The molecule has 50 heavy (non-hydrogen) atoms. The monoisotopic (exact) mass is 735 g/mol. The fourth-order valence-electron chi connectivity index (χ4n) is 6.45. The van der Waals surface area contributed by atoms with Gasteiger partial charge in [-0.3, -0.25) is 27.1 Å². The number of benzene rings is 1. The van der Waals surface area contributed by atoms with Crippen LogP contribution in [0.4, 0.5) is 5.82 Å². The van der Waals surface area contributed by atoms with Crippen molar-refractivity contribution in [3.8, 4) is 11.4 Å². The third-order valence-corrected chi connectivity index (χ3v) is 12.1. The standard InChI is InChI=1S/C35H55N5O8P2/c1-31(2,3)45-49(41,46-32(4,5)6)43-21-35-20-24(35)25(19-26(35)44-50(42,47-33(7,8)9)48-34(10,11)12)40-22-37-27-29(36-13)38-28(39-30(27)40)23-17-15-14-16-18-23/h14-18,22,24-26H,19-21H2,1-13H3,(H,36,38,39)/t24-,25-,26+,35+/m1/s1. The van der Waals surface area contributed by atoms with Gasteiger partial charge in [0.2, 0.25) is 0 Å². The van der Waals surface area contributed by atoms with Crippen LogP contribution in [0.5, 0.6) is 0 Å². The summed E-state index contributed by atoms with van der Waals surface area (Å²) in [6.45, 7) is 21.5. The summed E-state index contributed by atoms with van der Waals surface area (Å²) in [5, 5.41) is 3.17. The van der Waals surface area contributed by atoms with Crippen LogP contribution in [0.3, 0.4) is 0 Å². The number of rotatable bonds is 12. The Kier molecular flexibility index (Phi) is 10.4. The number of nitrogens with one attached hydrogen (secondary N) is 1. The average Bonchev–Trinajstić information content (AvgIpc) is 3.39. The highest BCUT2D eigenvalue weighted by Crippen LogP contribution is 2.73.